The van der Waals surface area contributed by atoms with Gasteiger partial charge in [-0.1, -0.05) is 6.92 Å². The second-order valence-electron chi connectivity index (χ2n) is 7.40. The van der Waals surface area contributed by atoms with Gasteiger partial charge in [0.05, 0.1) is 49.6 Å². The van der Waals surface area contributed by atoms with Gasteiger partial charge in [-0.05, 0) is 56.4 Å². The van der Waals surface area contributed by atoms with Crippen molar-refractivity contribution >= 4 is 11.3 Å². The molecule has 0 saturated heterocycles. The van der Waals surface area contributed by atoms with E-state index in [4.69, 9.17) is 0 Å². The first-order valence-electron chi connectivity index (χ1n) is 10.8. The zero-order valence-electron chi connectivity index (χ0n) is 19.5. The first kappa shape index (κ1) is 25.4. The van der Waals surface area contributed by atoms with Crippen LogP contribution in [0.2, 0.25) is 0 Å². The number of aryl methyl sites for hydroxylation is 2. The molecular formula is C23H23N11PtS. The fraction of sp³-hybridized carbons (Fsp3) is 0.130. The summed E-state index contributed by atoms with van der Waals surface area (Å²) in [5, 5.41) is 17.5. The average molecular weight is 681 g/mol. The third kappa shape index (κ3) is 4.96. The quantitative estimate of drug-likeness (QED) is 0.199. The second kappa shape index (κ2) is 11.3. The third-order valence-electron chi connectivity index (χ3n) is 5.07. The van der Waals surface area contributed by atoms with Gasteiger partial charge in [-0.2, -0.15) is 5.56 Å². The van der Waals surface area contributed by atoms with Crippen LogP contribution in [0.25, 0.3) is 0 Å². The molecule has 0 radical (unpaired) electrons. The maximum Gasteiger partial charge on any atom is 0.155 e. The number of nitrogens with zero attached hydrogens (tertiary/aromatic N) is 11. The monoisotopic (exact) mass is 680 g/mol. The molecule has 0 aliphatic carbocycles. The third-order valence-corrected chi connectivity index (χ3v) is 6.03. The molecule has 0 aliphatic rings. The fourth-order valence-corrected chi connectivity index (χ4v) is 4.49. The fourth-order valence-electron chi connectivity index (χ4n) is 3.61. The second-order valence-corrected chi connectivity index (χ2v) is 8.83. The molecule has 6 aromatic rings. The van der Waals surface area contributed by atoms with Gasteiger partial charge in [-0.15, -0.1) is 30.1 Å². The summed E-state index contributed by atoms with van der Waals surface area (Å²) in [6, 6.07) is 12.5. The summed E-state index contributed by atoms with van der Waals surface area (Å²) in [4.78, 5) is 17.6. The molecule has 13 heteroatoms. The number of aromatic nitrogens is 10. The predicted octanol–water partition coefficient (Wildman–Crippen LogP) is 2.84. The zero-order chi connectivity index (χ0) is 24.1. The summed E-state index contributed by atoms with van der Waals surface area (Å²) in [5.41, 5.74) is 1.22. The molecule has 0 aliphatic heterocycles. The van der Waals surface area contributed by atoms with E-state index in [2.05, 4.69) is 50.3 Å². The van der Waals surface area contributed by atoms with Crippen molar-refractivity contribution in [2.45, 2.75) is 20.3 Å². The van der Waals surface area contributed by atoms with Crippen molar-refractivity contribution in [1.82, 2.24) is 54.4 Å². The molecule has 0 N–H and O–H groups in total. The van der Waals surface area contributed by atoms with Crippen molar-refractivity contribution in [3.8, 4) is 0 Å². The van der Waals surface area contributed by atoms with Gasteiger partial charge in [-0.25, -0.2) is 16.0 Å². The molecule has 6 aromatic heterocycles. The number of rotatable bonds is 6. The van der Waals surface area contributed by atoms with Gasteiger partial charge < -0.3 is 0 Å². The number of hydrogen-bond donors (Lipinski definition) is 0. The van der Waals surface area contributed by atoms with Crippen LogP contribution in [0, 0.1) is 19.9 Å². The van der Waals surface area contributed by atoms with Gasteiger partial charge >= 0.3 is 0 Å². The SMILES string of the molecule is Cc1[c-]c(Cc2ncccn2)c(C)s1.[Pt].c1cnn([N+](n2cccn2)(n2cccn2)n2cccn2)c1. The van der Waals surface area contributed by atoms with E-state index in [1.54, 1.807) is 67.7 Å². The van der Waals surface area contributed by atoms with Crippen LogP contribution >= 0.6 is 11.3 Å². The Morgan fingerprint density at radius 1 is 0.694 bits per heavy atom. The normalized spacial score (nSPS) is 10.9. The largest absolute Gasteiger partial charge is 0.267 e. The molecule has 0 unspecified atom stereocenters. The molecule has 0 aromatic carbocycles. The molecule has 0 atom stereocenters. The summed E-state index contributed by atoms with van der Waals surface area (Å²) in [5.74, 6) is 0.865. The van der Waals surface area contributed by atoms with Crippen molar-refractivity contribution in [2.24, 2.45) is 0 Å². The summed E-state index contributed by atoms with van der Waals surface area (Å²) >= 11 is 1.78. The van der Waals surface area contributed by atoms with Gasteiger partial charge in [0.1, 0.15) is 5.82 Å². The van der Waals surface area contributed by atoms with Crippen molar-refractivity contribution in [2.75, 3.05) is 0 Å². The Kier molecular flexibility index (Phi) is 7.99. The van der Waals surface area contributed by atoms with Gasteiger partial charge in [0.25, 0.3) is 0 Å². The first-order valence-corrected chi connectivity index (χ1v) is 11.6. The van der Waals surface area contributed by atoms with Crippen LogP contribution in [0.15, 0.2) is 92.3 Å². The molecule has 0 bridgehead atoms. The van der Waals surface area contributed by atoms with Gasteiger partial charge in [-0.3, -0.25) is 11.3 Å². The van der Waals surface area contributed by atoms with E-state index < -0.39 is 0 Å². The Morgan fingerprint density at radius 2 is 1.14 bits per heavy atom. The smallest absolute Gasteiger partial charge is 0.155 e. The minimum atomic E-state index is -0.139. The Hall–Kier alpha value is -3.73. The van der Waals surface area contributed by atoms with E-state index in [1.807, 2.05) is 55.1 Å². The first-order chi connectivity index (χ1) is 17.2. The van der Waals surface area contributed by atoms with Crippen LogP contribution in [0.5, 0.6) is 0 Å². The van der Waals surface area contributed by atoms with Crippen molar-refractivity contribution in [1.29, 1.82) is 0 Å². The van der Waals surface area contributed by atoms with Gasteiger partial charge in [0, 0.05) is 39.9 Å². The Balaban J connectivity index is 0.000000178. The molecule has 36 heavy (non-hydrogen) atoms. The molecule has 0 amide bonds. The van der Waals surface area contributed by atoms with Crippen LogP contribution in [-0.4, -0.2) is 49.5 Å². The molecule has 0 fully saturated rings. The van der Waals surface area contributed by atoms with Gasteiger partial charge in [0.2, 0.25) is 0 Å². The minimum absolute atomic E-state index is 0. The minimum Gasteiger partial charge on any atom is -0.267 e. The van der Waals surface area contributed by atoms with E-state index in [0.29, 0.717) is 0 Å². The average Bonchev–Trinajstić information content (AvgIpc) is 3.68. The number of quaternary nitrogens is 1. The standard InChI is InChI=1S/C12H12N9.C11H11N2S.Pt/c1-5-13-17(9-1)21(18-10-2-6-14-18,19-11-3-7-15-19)20-12-4-8-16-20;1-8-6-10(9(2)14-8)7-11-12-4-3-5-13-11;/h1-12H;3-5H,7H2,1-2H3;/q+1;-1;. The number of hydrogen-bond acceptors (Lipinski definition) is 7. The van der Waals surface area contributed by atoms with Crippen LogP contribution in [0.4, 0.5) is 0 Å². The summed E-state index contributed by atoms with van der Waals surface area (Å²) in [6.45, 7) is 4.19. The van der Waals surface area contributed by atoms with E-state index in [1.165, 1.54) is 15.3 Å². The van der Waals surface area contributed by atoms with E-state index in [-0.39, 0.29) is 26.0 Å². The van der Waals surface area contributed by atoms with Crippen molar-refractivity contribution in [3.05, 3.63) is 120 Å². The van der Waals surface area contributed by atoms with Crippen LogP contribution < -0.4 is 4.92 Å². The number of thiophene rings is 1. The summed E-state index contributed by atoms with van der Waals surface area (Å²) in [6.07, 6.45) is 18.4. The van der Waals surface area contributed by atoms with Gasteiger partial charge in [0.15, 0.2) is 4.92 Å². The summed E-state index contributed by atoms with van der Waals surface area (Å²) in [7, 11) is 0. The molecule has 6 heterocycles. The van der Waals surface area contributed by atoms with Crippen LogP contribution in [-0.2, 0) is 27.5 Å². The van der Waals surface area contributed by atoms with E-state index >= 15 is 0 Å². The molecule has 11 nitrogen and oxygen atoms in total. The Labute approximate surface area is 226 Å². The molecule has 0 saturated carbocycles. The van der Waals surface area contributed by atoms with Crippen LogP contribution in [0.1, 0.15) is 21.1 Å². The zero-order valence-corrected chi connectivity index (χ0v) is 22.6. The molecule has 186 valence electrons. The van der Waals surface area contributed by atoms with Crippen molar-refractivity contribution < 1.29 is 21.1 Å². The molecule has 0 spiro atoms. The maximum atomic E-state index is 4.36. The van der Waals surface area contributed by atoms with E-state index in [0.717, 1.165) is 12.2 Å². The predicted molar refractivity (Wildman–Crippen MR) is 130 cm³/mol. The van der Waals surface area contributed by atoms with E-state index in [9.17, 15) is 0 Å². The topological polar surface area (TPSA) is 97.1 Å². The van der Waals surface area contributed by atoms with Crippen molar-refractivity contribution in [3.63, 3.8) is 0 Å². The Morgan fingerprint density at radius 3 is 1.47 bits per heavy atom. The van der Waals surface area contributed by atoms with Crippen LogP contribution in [0.3, 0.4) is 0 Å². The molecular weight excluding hydrogens is 657 g/mol. The summed E-state index contributed by atoms with van der Waals surface area (Å²) < 4.78 is 0. The Bertz CT molecular complexity index is 1280. The maximum absolute atomic E-state index is 4.36. The molecule has 6 rings (SSSR count).